The molecule has 0 atom stereocenters. The number of nitrogens with one attached hydrogen (secondary N) is 2. The Hall–Kier alpha value is -0.990. The monoisotopic (exact) mass is 170 g/mol. The van der Waals surface area contributed by atoms with E-state index in [4.69, 9.17) is 0 Å². The molecular formula is C9H18N2O. The second-order valence-electron chi connectivity index (χ2n) is 2.93. The fourth-order valence-corrected chi connectivity index (χ4v) is 0.873. The molecule has 0 rings (SSSR count). The van der Waals surface area contributed by atoms with Crippen molar-refractivity contribution >= 4 is 5.91 Å². The van der Waals surface area contributed by atoms with E-state index in [0.717, 1.165) is 6.54 Å². The molecule has 0 saturated carbocycles. The van der Waals surface area contributed by atoms with Gasteiger partial charge >= 0.3 is 0 Å². The molecule has 0 fully saturated rings. The third kappa shape index (κ3) is 4.01. The van der Waals surface area contributed by atoms with Crippen molar-refractivity contribution in [1.82, 2.24) is 10.6 Å². The molecule has 1 amide bonds. The Bertz CT molecular complexity index is 173. The average molecular weight is 170 g/mol. The molecule has 0 aliphatic carbocycles. The highest BCUT2D eigenvalue weighted by Gasteiger charge is 2.05. The van der Waals surface area contributed by atoms with Crippen LogP contribution in [-0.4, -0.2) is 19.5 Å². The smallest absolute Gasteiger partial charge is 0.266 e. The molecule has 0 aromatic heterocycles. The molecular weight excluding hydrogens is 152 g/mol. The summed E-state index contributed by atoms with van der Waals surface area (Å²) >= 11 is 0. The van der Waals surface area contributed by atoms with Crippen LogP contribution in [0.15, 0.2) is 11.8 Å². The van der Waals surface area contributed by atoms with Crippen molar-refractivity contribution in [3.05, 3.63) is 11.8 Å². The molecule has 0 aliphatic rings. The third-order valence-corrected chi connectivity index (χ3v) is 1.34. The standard InChI is InChI=1S/C9H18N2O/c1-5-11-8(6-7(2)3)9(12)10-4/h6-7,11H,5H2,1-4H3,(H,10,12)/b8-6-. The Labute approximate surface area is 74.2 Å². The lowest BCUT2D eigenvalue weighted by molar-refractivity contribution is -0.117. The molecule has 0 aliphatic heterocycles. The number of hydrogen-bond donors (Lipinski definition) is 2. The normalized spacial score (nSPS) is 11.6. The minimum Gasteiger partial charge on any atom is -0.381 e. The van der Waals surface area contributed by atoms with Gasteiger partial charge in [0.2, 0.25) is 0 Å². The topological polar surface area (TPSA) is 41.1 Å². The van der Waals surface area contributed by atoms with Gasteiger partial charge in [0.25, 0.3) is 5.91 Å². The van der Waals surface area contributed by atoms with Gasteiger partial charge in [0.15, 0.2) is 0 Å². The van der Waals surface area contributed by atoms with Crippen LogP contribution < -0.4 is 10.6 Å². The molecule has 0 saturated heterocycles. The Morgan fingerprint density at radius 3 is 2.42 bits per heavy atom. The molecule has 12 heavy (non-hydrogen) atoms. The van der Waals surface area contributed by atoms with Crippen molar-refractivity contribution in [2.45, 2.75) is 20.8 Å². The maximum Gasteiger partial charge on any atom is 0.266 e. The number of rotatable bonds is 4. The molecule has 0 aromatic carbocycles. The van der Waals surface area contributed by atoms with Crippen LogP contribution >= 0.6 is 0 Å². The van der Waals surface area contributed by atoms with Crippen LogP contribution in [0, 0.1) is 5.92 Å². The maximum absolute atomic E-state index is 11.2. The largest absolute Gasteiger partial charge is 0.381 e. The number of amides is 1. The Morgan fingerprint density at radius 2 is 2.08 bits per heavy atom. The SMILES string of the molecule is CCN/C(=C\C(C)C)C(=O)NC. The average Bonchev–Trinajstić information content (AvgIpc) is 2.01. The lowest BCUT2D eigenvalue weighted by atomic mass is 10.2. The highest BCUT2D eigenvalue weighted by Crippen LogP contribution is 1.99. The van der Waals surface area contributed by atoms with Gasteiger partial charge in [-0.15, -0.1) is 0 Å². The summed E-state index contributed by atoms with van der Waals surface area (Å²) in [5, 5.41) is 5.60. The van der Waals surface area contributed by atoms with Crippen molar-refractivity contribution in [3.63, 3.8) is 0 Å². The lowest BCUT2D eigenvalue weighted by Gasteiger charge is -2.08. The summed E-state index contributed by atoms with van der Waals surface area (Å²) in [7, 11) is 1.63. The van der Waals surface area contributed by atoms with Crippen LogP contribution in [0.5, 0.6) is 0 Å². The molecule has 0 bridgehead atoms. The fourth-order valence-electron chi connectivity index (χ4n) is 0.873. The molecule has 0 aromatic rings. The molecule has 0 unspecified atom stereocenters. The molecule has 2 N–H and O–H groups in total. The molecule has 3 nitrogen and oxygen atoms in total. The van der Waals surface area contributed by atoms with E-state index in [2.05, 4.69) is 10.6 Å². The van der Waals surface area contributed by atoms with Gasteiger partial charge in [-0.3, -0.25) is 4.79 Å². The third-order valence-electron chi connectivity index (χ3n) is 1.34. The highest BCUT2D eigenvalue weighted by atomic mass is 16.1. The van der Waals surface area contributed by atoms with Gasteiger partial charge < -0.3 is 10.6 Å². The number of likely N-dealkylation sites (N-methyl/N-ethyl adjacent to an activating group) is 2. The summed E-state index contributed by atoms with van der Waals surface area (Å²) < 4.78 is 0. The first kappa shape index (κ1) is 11.0. The van der Waals surface area contributed by atoms with Gasteiger partial charge in [-0.05, 0) is 12.8 Å². The molecule has 3 heteroatoms. The predicted octanol–water partition coefficient (Wildman–Crippen LogP) is 0.882. The Kier molecular flexibility index (Phi) is 5.17. The number of carbonyl (C=O) groups excluding carboxylic acids is 1. The minimum atomic E-state index is -0.0504. The maximum atomic E-state index is 11.2. The van der Waals surface area contributed by atoms with Crippen LogP contribution in [-0.2, 0) is 4.79 Å². The van der Waals surface area contributed by atoms with E-state index in [9.17, 15) is 4.79 Å². The highest BCUT2D eigenvalue weighted by molar-refractivity contribution is 5.92. The van der Waals surface area contributed by atoms with E-state index in [0.29, 0.717) is 11.6 Å². The van der Waals surface area contributed by atoms with Crippen LogP contribution in [0.3, 0.4) is 0 Å². The van der Waals surface area contributed by atoms with E-state index in [1.54, 1.807) is 7.05 Å². The zero-order valence-electron chi connectivity index (χ0n) is 8.27. The number of allylic oxidation sites excluding steroid dienone is 1. The fraction of sp³-hybridized carbons (Fsp3) is 0.667. The summed E-state index contributed by atoms with van der Waals surface area (Å²) in [6, 6.07) is 0. The second-order valence-corrected chi connectivity index (χ2v) is 2.93. The molecule has 0 heterocycles. The van der Waals surface area contributed by atoms with E-state index in [1.807, 2.05) is 26.8 Å². The van der Waals surface area contributed by atoms with Gasteiger partial charge in [0, 0.05) is 13.6 Å². The van der Waals surface area contributed by atoms with Crippen LogP contribution in [0.25, 0.3) is 0 Å². The summed E-state index contributed by atoms with van der Waals surface area (Å²) in [6.07, 6.45) is 1.92. The minimum absolute atomic E-state index is 0.0504. The van der Waals surface area contributed by atoms with Crippen LogP contribution in [0.2, 0.25) is 0 Å². The zero-order valence-corrected chi connectivity index (χ0v) is 8.27. The first-order valence-electron chi connectivity index (χ1n) is 4.29. The van der Waals surface area contributed by atoms with Crippen LogP contribution in [0.4, 0.5) is 0 Å². The Morgan fingerprint density at radius 1 is 1.50 bits per heavy atom. The first-order valence-corrected chi connectivity index (χ1v) is 4.29. The van der Waals surface area contributed by atoms with Gasteiger partial charge in [-0.25, -0.2) is 0 Å². The summed E-state index contributed by atoms with van der Waals surface area (Å²) in [5.74, 6) is 0.335. The Balaban J connectivity index is 4.31. The first-order chi connectivity index (χ1) is 5.61. The zero-order chi connectivity index (χ0) is 9.56. The van der Waals surface area contributed by atoms with E-state index < -0.39 is 0 Å². The lowest BCUT2D eigenvalue weighted by Crippen LogP contribution is -2.29. The molecule has 70 valence electrons. The van der Waals surface area contributed by atoms with Crippen molar-refractivity contribution in [3.8, 4) is 0 Å². The van der Waals surface area contributed by atoms with Crippen molar-refractivity contribution in [2.75, 3.05) is 13.6 Å². The van der Waals surface area contributed by atoms with Gasteiger partial charge in [0.1, 0.15) is 0 Å². The summed E-state index contributed by atoms with van der Waals surface area (Å²) in [4.78, 5) is 11.2. The number of carbonyl (C=O) groups is 1. The number of hydrogen-bond acceptors (Lipinski definition) is 2. The van der Waals surface area contributed by atoms with Gasteiger partial charge in [-0.1, -0.05) is 19.9 Å². The van der Waals surface area contributed by atoms with Gasteiger partial charge in [0.05, 0.1) is 5.70 Å². The van der Waals surface area contributed by atoms with E-state index >= 15 is 0 Å². The second kappa shape index (κ2) is 5.63. The van der Waals surface area contributed by atoms with Crippen molar-refractivity contribution in [1.29, 1.82) is 0 Å². The van der Waals surface area contributed by atoms with E-state index in [-0.39, 0.29) is 5.91 Å². The van der Waals surface area contributed by atoms with Crippen LogP contribution in [0.1, 0.15) is 20.8 Å². The predicted molar refractivity (Wildman–Crippen MR) is 50.7 cm³/mol. The quantitative estimate of drug-likeness (QED) is 0.615. The van der Waals surface area contributed by atoms with E-state index in [1.165, 1.54) is 0 Å². The van der Waals surface area contributed by atoms with Crippen molar-refractivity contribution < 1.29 is 4.79 Å². The van der Waals surface area contributed by atoms with Gasteiger partial charge in [-0.2, -0.15) is 0 Å². The summed E-state index contributed by atoms with van der Waals surface area (Å²) in [5.41, 5.74) is 0.662. The van der Waals surface area contributed by atoms with Crippen molar-refractivity contribution in [2.24, 2.45) is 5.92 Å². The summed E-state index contributed by atoms with van der Waals surface area (Å²) in [6.45, 7) is 6.82. The molecule has 0 radical (unpaired) electrons. The molecule has 0 spiro atoms.